The van der Waals surface area contributed by atoms with Crippen molar-refractivity contribution in [3.8, 4) is 0 Å². The molecule has 128 valence electrons. The molecule has 2 N–H and O–H groups in total. The van der Waals surface area contributed by atoms with Crippen molar-refractivity contribution in [2.75, 3.05) is 26.7 Å². The highest BCUT2D eigenvalue weighted by Crippen LogP contribution is 2.27. The Labute approximate surface area is 141 Å². The minimum Gasteiger partial charge on any atom is -0.362 e. The van der Waals surface area contributed by atoms with Gasteiger partial charge in [0.05, 0.1) is 13.2 Å². The fourth-order valence-corrected chi connectivity index (χ4v) is 3.34. The largest absolute Gasteiger partial charge is 0.362 e. The number of hydrogen-bond donors (Lipinski definition) is 2. The van der Waals surface area contributed by atoms with Crippen LogP contribution in [-0.4, -0.2) is 54.0 Å². The topological polar surface area (TPSA) is 74.4 Å². The summed E-state index contributed by atoms with van der Waals surface area (Å²) in [5.41, 5.74) is 2.74. The highest BCUT2D eigenvalue weighted by atomic mass is 16.5. The van der Waals surface area contributed by atoms with Crippen LogP contribution in [0.4, 0.5) is 0 Å². The van der Waals surface area contributed by atoms with E-state index in [-0.39, 0.29) is 18.4 Å². The maximum absolute atomic E-state index is 13.1. The first-order chi connectivity index (χ1) is 11.4. The van der Waals surface area contributed by atoms with Gasteiger partial charge in [-0.1, -0.05) is 6.07 Å². The standard InChI is InChI=1S/C18H23N3O3/c1-11-12(2)20-14-7-5-6-13(15(11)14)16(22)21-8-9-24-18(3,10-21)17(23)19-4/h5-7,20H,8-10H2,1-4H3,(H,19,23). The van der Waals surface area contributed by atoms with Crippen molar-refractivity contribution < 1.29 is 14.3 Å². The highest BCUT2D eigenvalue weighted by Gasteiger charge is 2.40. The molecule has 0 aliphatic carbocycles. The summed E-state index contributed by atoms with van der Waals surface area (Å²) in [5, 5.41) is 3.56. The van der Waals surface area contributed by atoms with Gasteiger partial charge in [-0.25, -0.2) is 0 Å². The number of nitrogens with one attached hydrogen (secondary N) is 2. The Balaban J connectivity index is 1.96. The number of likely N-dealkylation sites (N-methyl/N-ethyl adjacent to an activating group) is 1. The summed E-state index contributed by atoms with van der Waals surface area (Å²) in [5.74, 6) is -0.284. The summed E-state index contributed by atoms with van der Waals surface area (Å²) in [4.78, 5) is 30.2. The molecule has 6 nitrogen and oxygen atoms in total. The van der Waals surface area contributed by atoms with Crippen LogP contribution in [0.15, 0.2) is 18.2 Å². The fourth-order valence-electron chi connectivity index (χ4n) is 3.34. The second-order valence-electron chi connectivity index (χ2n) is 6.49. The number of aromatic amines is 1. The predicted octanol–water partition coefficient (Wildman–Crippen LogP) is 1.76. The number of aryl methyl sites for hydroxylation is 2. The van der Waals surface area contributed by atoms with E-state index >= 15 is 0 Å². The second kappa shape index (κ2) is 5.94. The number of H-pyrrole nitrogens is 1. The lowest BCUT2D eigenvalue weighted by Crippen LogP contribution is -2.58. The van der Waals surface area contributed by atoms with Crippen LogP contribution in [-0.2, 0) is 9.53 Å². The van der Waals surface area contributed by atoms with Gasteiger partial charge in [0, 0.05) is 35.8 Å². The molecule has 1 unspecified atom stereocenters. The Morgan fingerprint density at radius 3 is 2.79 bits per heavy atom. The lowest BCUT2D eigenvalue weighted by molar-refractivity contribution is -0.153. The van der Waals surface area contributed by atoms with Crippen molar-refractivity contribution in [3.05, 3.63) is 35.0 Å². The third-order valence-electron chi connectivity index (χ3n) is 4.82. The van der Waals surface area contributed by atoms with Crippen LogP contribution in [0.1, 0.15) is 28.5 Å². The third-order valence-corrected chi connectivity index (χ3v) is 4.82. The van der Waals surface area contributed by atoms with Crippen LogP contribution >= 0.6 is 0 Å². The van der Waals surface area contributed by atoms with E-state index < -0.39 is 5.60 Å². The van der Waals surface area contributed by atoms with E-state index in [0.29, 0.717) is 18.7 Å². The number of hydrogen-bond acceptors (Lipinski definition) is 3. The van der Waals surface area contributed by atoms with Gasteiger partial charge in [-0.15, -0.1) is 0 Å². The zero-order valence-electron chi connectivity index (χ0n) is 14.5. The molecule has 1 aromatic carbocycles. The smallest absolute Gasteiger partial charge is 0.254 e. The summed E-state index contributed by atoms with van der Waals surface area (Å²) in [6.07, 6.45) is 0. The quantitative estimate of drug-likeness (QED) is 0.882. The zero-order chi connectivity index (χ0) is 17.5. The molecule has 0 saturated carbocycles. The lowest BCUT2D eigenvalue weighted by Gasteiger charge is -2.39. The van der Waals surface area contributed by atoms with Gasteiger partial charge in [-0.05, 0) is 38.5 Å². The van der Waals surface area contributed by atoms with E-state index in [1.54, 1.807) is 18.9 Å². The number of fused-ring (bicyclic) bond motifs is 1. The normalized spacial score (nSPS) is 21.1. The molecule has 2 aromatic rings. The molecular formula is C18H23N3O3. The van der Waals surface area contributed by atoms with Crippen molar-refractivity contribution in [2.45, 2.75) is 26.4 Å². The molecule has 1 aliphatic rings. The molecule has 3 rings (SSSR count). The third kappa shape index (κ3) is 2.57. The first kappa shape index (κ1) is 16.5. The number of nitrogens with zero attached hydrogens (tertiary/aromatic N) is 1. The van der Waals surface area contributed by atoms with Crippen LogP contribution in [0.25, 0.3) is 10.9 Å². The number of aromatic nitrogens is 1. The number of carbonyl (C=O) groups is 2. The van der Waals surface area contributed by atoms with Gasteiger partial charge in [0.2, 0.25) is 0 Å². The molecule has 1 atom stereocenters. The zero-order valence-corrected chi connectivity index (χ0v) is 14.5. The van der Waals surface area contributed by atoms with Crippen LogP contribution in [0.5, 0.6) is 0 Å². The van der Waals surface area contributed by atoms with Crippen LogP contribution in [0, 0.1) is 13.8 Å². The molecule has 0 spiro atoms. The molecule has 24 heavy (non-hydrogen) atoms. The van der Waals surface area contributed by atoms with Gasteiger partial charge in [0.1, 0.15) is 0 Å². The number of morpholine rings is 1. The van der Waals surface area contributed by atoms with Crippen LogP contribution in [0.2, 0.25) is 0 Å². The van der Waals surface area contributed by atoms with E-state index in [1.165, 1.54) is 0 Å². The molecule has 6 heteroatoms. The average molecular weight is 329 g/mol. The second-order valence-corrected chi connectivity index (χ2v) is 6.49. The van der Waals surface area contributed by atoms with Crippen molar-refractivity contribution in [2.24, 2.45) is 0 Å². The van der Waals surface area contributed by atoms with Crippen molar-refractivity contribution in [3.63, 3.8) is 0 Å². The molecule has 1 aromatic heterocycles. The number of benzene rings is 1. The van der Waals surface area contributed by atoms with Gasteiger partial charge in [-0.2, -0.15) is 0 Å². The van der Waals surface area contributed by atoms with Gasteiger partial charge in [0.25, 0.3) is 11.8 Å². The maximum atomic E-state index is 13.1. The number of carbonyl (C=O) groups excluding carboxylic acids is 2. The van der Waals surface area contributed by atoms with Gasteiger partial charge in [-0.3, -0.25) is 9.59 Å². The van der Waals surface area contributed by atoms with Crippen molar-refractivity contribution in [1.82, 2.24) is 15.2 Å². The number of ether oxygens (including phenoxy) is 1. The van der Waals surface area contributed by atoms with E-state index in [4.69, 9.17) is 4.74 Å². The Bertz CT molecular complexity index is 811. The molecule has 2 amide bonds. The minimum absolute atomic E-state index is 0.0684. The monoisotopic (exact) mass is 329 g/mol. The molecule has 1 fully saturated rings. The summed E-state index contributed by atoms with van der Waals surface area (Å²) in [6.45, 7) is 6.79. The Hall–Kier alpha value is -2.34. The fraction of sp³-hybridized carbons (Fsp3) is 0.444. The molecule has 1 aliphatic heterocycles. The molecule has 2 heterocycles. The number of amides is 2. The van der Waals surface area contributed by atoms with Crippen molar-refractivity contribution in [1.29, 1.82) is 0 Å². The first-order valence-corrected chi connectivity index (χ1v) is 8.10. The summed E-state index contributed by atoms with van der Waals surface area (Å²) >= 11 is 0. The summed E-state index contributed by atoms with van der Waals surface area (Å²) in [6, 6.07) is 5.70. The Morgan fingerprint density at radius 1 is 1.33 bits per heavy atom. The van der Waals surface area contributed by atoms with Crippen molar-refractivity contribution >= 4 is 22.7 Å². The molecule has 0 bridgehead atoms. The molecule has 1 saturated heterocycles. The van der Waals surface area contributed by atoms with E-state index in [1.807, 2.05) is 32.0 Å². The van der Waals surface area contributed by atoms with E-state index in [2.05, 4.69) is 10.3 Å². The van der Waals surface area contributed by atoms with Crippen LogP contribution < -0.4 is 5.32 Å². The molecular weight excluding hydrogens is 306 g/mol. The SMILES string of the molecule is CNC(=O)C1(C)CN(C(=O)c2cccc3[nH]c(C)c(C)c23)CCO1. The Kier molecular flexibility index (Phi) is 4.09. The van der Waals surface area contributed by atoms with E-state index in [0.717, 1.165) is 22.2 Å². The Morgan fingerprint density at radius 2 is 2.08 bits per heavy atom. The van der Waals surface area contributed by atoms with Gasteiger partial charge in [0.15, 0.2) is 5.60 Å². The lowest BCUT2D eigenvalue weighted by atomic mass is 10.0. The predicted molar refractivity (Wildman–Crippen MR) is 92.1 cm³/mol. The average Bonchev–Trinajstić information content (AvgIpc) is 2.88. The number of rotatable bonds is 2. The maximum Gasteiger partial charge on any atom is 0.254 e. The summed E-state index contributed by atoms with van der Waals surface area (Å²) in [7, 11) is 1.57. The van der Waals surface area contributed by atoms with Crippen LogP contribution in [0.3, 0.4) is 0 Å². The van der Waals surface area contributed by atoms with Gasteiger partial charge >= 0.3 is 0 Å². The highest BCUT2D eigenvalue weighted by molar-refractivity contribution is 6.08. The van der Waals surface area contributed by atoms with E-state index in [9.17, 15) is 9.59 Å². The molecule has 0 radical (unpaired) electrons. The first-order valence-electron chi connectivity index (χ1n) is 8.10. The van der Waals surface area contributed by atoms with Gasteiger partial charge < -0.3 is 19.9 Å². The summed E-state index contributed by atoms with van der Waals surface area (Å²) < 4.78 is 5.64. The minimum atomic E-state index is -1.01.